The molecule has 2 heteroatoms. The van der Waals surface area contributed by atoms with Crippen LogP contribution in [0, 0.1) is 25.2 Å². The Labute approximate surface area is 121 Å². The zero-order valence-electron chi connectivity index (χ0n) is 12.3. The summed E-state index contributed by atoms with van der Waals surface area (Å²) in [4.78, 5) is 12.9. The Morgan fingerprint density at radius 2 is 1.89 bits per heavy atom. The van der Waals surface area contributed by atoms with Crippen LogP contribution >= 0.6 is 11.6 Å². The number of hydrogen-bond donors (Lipinski definition) is 0. The summed E-state index contributed by atoms with van der Waals surface area (Å²) in [7, 11) is 0. The van der Waals surface area contributed by atoms with Gasteiger partial charge >= 0.3 is 0 Å². The molecular formula is C17H23ClO. The molecule has 0 heterocycles. The highest BCUT2D eigenvalue weighted by atomic mass is 35.5. The Morgan fingerprint density at radius 1 is 1.21 bits per heavy atom. The molecule has 0 aromatic heterocycles. The molecule has 0 spiro atoms. The second-order valence-electron chi connectivity index (χ2n) is 6.57. The third kappa shape index (κ3) is 2.86. The Kier molecular flexibility index (Phi) is 4.06. The molecule has 0 radical (unpaired) electrons. The summed E-state index contributed by atoms with van der Waals surface area (Å²) < 4.78 is 0. The van der Waals surface area contributed by atoms with Gasteiger partial charge in [0.25, 0.3) is 0 Å². The van der Waals surface area contributed by atoms with E-state index >= 15 is 0 Å². The molecule has 0 bridgehead atoms. The zero-order chi connectivity index (χ0) is 14.2. The van der Waals surface area contributed by atoms with Gasteiger partial charge in [0.05, 0.1) is 0 Å². The van der Waals surface area contributed by atoms with Gasteiger partial charge in [-0.25, -0.2) is 0 Å². The molecule has 1 saturated carbocycles. The molecule has 1 fully saturated rings. The Balaban J connectivity index is 2.36. The van der Waals surface area contributed by atoms with E-state index in [4.69, 9.17) is 11.6 Å². The molecule has 1 nitrogen and oxygen atoms in total. The lowest BCUT2D eigenvalue weighted by atomic mass is 9.66. The highest BCUT2D eigenvalue weighted by Gasteiger charge is 2.37. The van der Waals surface area contributed by atoms with Gasteiger partial charge in [0.15, 0.2) is 5.78 Å². The van der Waals surface area contributed by atoms with Gasteiger partial charge < -0.3 is 0 Å². The second-order valence-corrected chi connectivity index (χ2v) is 6.97. The summed E-state index contributed by atoms with van der Waals surface area (Å²) >= 11 is 6.12. The highest BCUT2D eigenvalue weighted by Crippen LogP contribution is 2.42. The first-order chi connectivity index (χ1) is 8.83. The fraction of sp³-hybridized carbons (Fsp3) is 0.588. The molecule has 0 aliphatic heterocycles. The smallest absolute Gasteiger partial charge is 0.166 e. The second kappa shape index (κ2) is 5.28. The molecule has 1 aliphatic carbocycles. The van der Waals surface area contributed by atoms with Gasteiger partial charge in [-0.15, -0.1) is 0 Å². The number of halogens is 1. The molecule has 19 heavy (non-hydrogen) atoms. The standard InChI is InChI=1S/C17H23ClO/c1-11-10-15(18)12(2)9-13(11)16(19)14-7-5-6-8-17(14,3)4/h9-10,14H,5-8H2,1-4H3. The predicted molar refractivity (Wildman–Crippen MR) is 81.0 cm³/mol. The molecule has 0 amide bonds. The van der Waals surface area contributed by atoms with Crippen LogP contribution in [-0.2, 0) is 0 Å². The third-order valence-electron chi connectivity index (χ3n) is 4.59. The van der Waals surface area contributed by atoms with E-state index in [9.17, 15) is 4.79 Å². The van der Waals surface area contributed by atoms with Crippen molar-refractivity contribution in [1.82, 2.24) is 0 Å². The summed E-state index contributed by atoms with van der Waals surface area (Å²) in [5, 5.41) is 0.747. The van der Waals surface area contributed by atoms with Gasteiger partial charge in [0.1, 0.15) is 0 Å². The normalized spacial score (nSPS) is 22.3. The number of rotatable bonds is 2. The SMILES string of the molecule is Cc1cc(C(=O)C2CCCCC2(C)C)c(C)cc1Cl. The number of Topliss-reactive ketones (excluding diaryl/α,β-unsaturated/α-hetero) is 1. The van der Waals surface area contributed by atoms with Crippen LogP contribution in [0.4, 0.5) is 0 Å². The summed E-state index contributed by atoms with van der Waals surface area (Å²) in [6.45, 7) is 8.40. The van der Waals surface area contributed by atoms with Gasteiger partial charge in [0.2, 0.25) is 0 Å². The maximum atomic E-state index is 12.9. The van der Waals surface area contributed by atoms with E-state index in [2.05, 4.69) is 13.8 Å². The van der Waals surface area contributed by atoms with E-state index in [1.54, 1.807) is 0 Å². The van der Waals surface area contributed by atoms with Crippen LogP contribution in [-0.4, -0.2) is 5.78 Å². The van der Waals surface area contributed by atoms with Crippen molar-refractivity contribution in [1.29, 1.82) is 0 Å². The van der Waals surface area contributed by atoms with Crippen LogP contribution in [0.5, 0.6) is 0 Å². The van der Waals surface area contributed by atoms with Gasteiger partial charge in [-0.1, -0.05) is 38.3 Å². The number of carbonyl (C=O) groups is 1. The van der Waals surface area contributed by atoms with Gasteiger partial charge in [0, 0.05) is 16.5 Å². The van der Waals surface area contributed by atoms with E-state index in [-0.39, 0.29) is 11.3 Å². The Bertz CT molecular complexity index is 502. The van der Waals surface area contributed by atoms with Crippen molar-refractivity contribution in [2.24, 2.45) is 11.3 Å². The lowest BCUT2D eigenvalue weighted by Gasteiger charge is -2.37. The quantitative estimate of drug-likeness (QED) is 0.666. The first kappa shape index (κ1) is 14.6. The first-order valence-electron chi connectivity index (χ1n) is 7.14. The molecule has 2 rings (SSSR count). The van der Waals surface area contributed by atoms with Crippen LogP contribution in [0.15, 0.2) is 12.1 Å². The predicted octanol–water partition coefficient (Wildman–Crippen LogP) is 5.36. The zero-order valence-corrected chi connectivity index (χ0v) is 13.1. The molecule has 1 unspecified atom stereocenters. The highest BCUT2D eigenvalue weighted by molar-refractivity contribution is 6.31. The van der Waals surface area contributed by atoms with E-state index in [0.717, 1.165) is 34.6 Å². The van der Waals surface area contributed by atoms with Crippen LogP contribution in [0.25, 0.3) is 0 Å². The van der Waals surface area contributed by atoms with E-state index in [1.807, 2.05) is 26.0 Å². The summed E-state index contributed by atoms with van der Waals surface area (Å²) in [5.41, 5.74) is 2.98. The fourth-order valence-corrected chi connectivity index (χ4v) is 3.43. The average molecular weight is 279 g/mol. The van der Waals surface area contributed by atoms with Crippen LogP contribution in [0.1, 0.15) is 61.0 Å². The first-order valence-corrected chi connectivity index (χ1v) is 7.51. The lowest BCUT2D eigenvalue weighted by Crippen LogP contribution is -2.34. The maximum absolute atomic E-state index is 12.9. The van der Waals surface area contributed by atoms with Gasteiger partial charge in [-0.3, -0.25) is 4.79 Å². The van der Waals surface area contributed by atoms with E-state index in [0.29, 0.717) is 5.78 Å². The third-order valence-corrected chi connectivity index (χ3v) is 5.00. The monoisotopic (exact) mass is 278 g/mol. The molecule has 0 N–H and O–H groups in total. The van der Waals surface area contributed by atoms with Crippen LogP contribution in [0.2, 0.25) is 5.02 Å². The van der Waals surface area contributed by atoms with Gasteiger partial charge in [-0.2, -0.15) is 0 Å². The van der Waals surface area contributed by atoms with E-state index in [1.165, 1.54) is 12.8 Å². The number of benzene rings is 1. The van der Waals surface area contributed by atoms with Crippen LogP contribution in [0.3, 0.4) is 0 Å². The molecule has 104 valence electrons. The minimum Gasteiger partial charge on any atom is -0.294 e. The summed E-state index contributed by atoms with van der Waals surface area (Å²) in [5.74, 6) is 0.461. The summed E-state index contributed by atoms with van der Waals surface area (Å²) in [6.07, 6.45) is 4.59. The minimum absolute atomic E-state index is 0.120. The van der Waals surface area contributed by atoms with Crippen molar-refractivity contribution in [3.8, 4) is 0 Å². The topological polar surface area (TPSA) is 17.1 Å². The lowest BCUT2D eigenvalue weighted by molar-refractivity contribution is 0.0696. The minimum atomic E-state index is 0.120. The van der Waals surface area contributed by atoms with Crippen molar-refractivity contribution >= 4 is 17.4 Å². The number of ketones is 1. The molecular weight excluding hydrogens is 256 g/mol. The molecule has 1 atom stereocenters. The number of hydrogen-bond acceptors (Lipinski definition) is 1. The molecule has 1 aromatic carbocycles. The summed E-state index contributed by atoms with van der Waals surface area (Å²) in [6, 6.07) is 3.88. The van der Waals surface area contributed by atoms with Crippen molar-refractivity contribution in [2.45, 2.75) is 53.4 Å². The molecule has 1 aliphatic rings. The number of aryl methyl sites for hydroxylation is 2. The molecule has 0 saturated heterocycles. The number of carbonyl (C=O) groups excluding carboxylic acids is 1. The Hall–Kier alpha value is -0.820. The van der Waals surface area contributed by atoms with Crippen molar-refractivity contribution in [3.63, 3.8) is 0 Å². The van der Waals surface area contributed by atoms with Gasteiger partial charge in [-0.05, 0) is 55.4 Å². The van der Waals surface area contributed by atoms with E-state index < -0.39 is 0 Å². The average Bonchev–Trinajstić information content (AvgIpc) is 2.32. The molecule has 1 aromatic rings. The van der Waals surface area contributed by atoms with Crippen LogP contribution < -0.4 is 0 Å². The largest absolute Gasteiger partial charge is 0.294 e. The van der Waals surface area contributed by atoms with Crippen molar-refractivity contribution in [3.05, 3.63) is 33.8 Å². The maximum Gasteiger partial charge on any atom is 0.166 e. The fourth-order valence-electron chi connectivity index (χ4n) is 3.21. The van der Waals surface area contributed by atoms with Crippen molar-refractivity contribution in [2.75, 3.05) is 0 Å². The van der Waals surface area contributed by atoms with Crippen molar-refractivity contribution < 1.29 is 4.79 Å². The Morgan fingerprint density at radius 3 is 2.53 bits per heavy atom.